The maximum atomic E-state index is 12.3. The molecule has 3 rings (SSSR count). The number of carbonyl (C=O) groups is 2. The monoisotopic (exact) mass is 373 g/mol. The zero-order chi connectivity index (χ0) is 19.4. The van der Waals surface area contributed by atoms with Crippen LogP contribution in [0.25, 0.3) is 11.3 Å². The van der Waals surface area contributed by atoms with Crippen LogP contribution in [-0.2, 0) is 30.4 Å². The van der Waals surface area contributed by atoms with E-state index in [0.717, 1.165) is 5.56 Å². The number of nitrogens with zero attached hydrogens (tertiary/aromatic N) is 1. The van der Waals surface area contributed by atoms with Gasteiger partial charge in [-0.1, -0.05) is 12.1 Å². The van der Waals surface area contributed by atoms with E-state index < -0.39 is 11.9 Å². The van der Waals surface area contributed by atoms with Crippen molar-refractivity contribution in [1.82, 2.24) is 0 Å². The van der Waals surface area contributed by atoms with Gasteiger partial charge in [-0.2, -0.15) is 0 Å². The zero-order valence-electron chi connectivity index (χ0n) is 14.9. The Kier molecular flexibility index (Phi) is 5.58. The van der Waals surface area contributed by atoms with Gasteiger partial charge in [-0.15, -0.1) is 0 Å². The maximum absolute atomic E-state index is 12.3. The van der Waals surface area contributed by atoms with Crippen LogP contribution in [-0.4, -0.2) is 44.6 Å². The molecular formula is C19H19NO7. The van der Waals surface area contributed by atoms with Crippen LogP contribution in [0.2, 0.25) is 0 Å². The minimum absolute atomic E-state index is 0.0503. The van der Waals surface area contributed by atoms with Crippen LogP contribution in [0.3, 0.4) is 0 Å². The number of aliphatic hydroxyl groups excluding tert-OH is 1. The number of ether oxygens (including phenoxy) is 3. The summed E-state index contributed by atoms with van der Waals surface area (Å²) < 4.78 is 20.6. The summed E-state index contributed by atoms with van der Waals surface area (Å²) in [5.41, 5.74) is 1.50. The molecule has 8 heteroatoms. The van der Waals surface area contributed by atoms with Gasteiger partial charge in [-0.25, -0.2) is 9.59 Å². The summed E-state index contributed by atoms with van der Waals surface area (Å²) in [7, 11) is 2.48. The molecule has 0 saturated carbocycles. The van der Waals surface area contributed by atoms with Gasteiger partial charge in [0.1, 0.15) is 30.6 Å². The second kappa shape index (κ2) is 8.07. The van der Waals surface area contributed by atoms with E-state index in [2.05, 4.69) is 0 Å². The van der Waals surface area contributed by atoms with E-state index in [9.17, 15) is 9.59 Å². The predicted octanol–water partition coefficient (Wildman–Crippen LogP) is 1.83. The summed E-state index contributed by atoms with van der Waals surface area (Å²) in [5, 5.41) is 9.16. The highest BCUT2D eigenvalue weighted by molar-refractivity contribution is 6.03. The van der Waals surface area contributed by atoms with Gasteiger partial charge in [0.2, 0.25) is 0 Å². The minimum atomic E-state index is -0.662. The third-order valence-corrected chi connectivity index (χ3v) is 4.09. The van der Waals surface area contributed by atoms with Gasteiger partial charge in [0.25, 0.3) is 0 Å². The number of furan rings is 1. The molecule has 1 aromatic carbocycles. The van der Waals surface area contributed by atoms with Crippen molar-refractivity contribution in [1.29, 1.82) is 0 Å². The van der Waals surface area contributed by atoms with E-state index in [4.69, 9.17) is 23.7 Å². The normalized spacial score (nSPS) is 14.3. The van der Waals surface area contributed by atoms with Crippen molar-refractivity contribution in [2.24, 2.45) is 0 Å². The molecule has 0 bridgehead atoms. The lowest BCUT2D eigenvalue weighted by atomic mass is 10.1. The Bertz CT molecular complexity index is 884. The topological polar surface area (TPSA) is 98.4 Å². The van der Waals surface area contributed by atoms with Crippen molar-refractivity contribution >= 4 is 17.6 Å². The molecule has 2 aromatic rings. The Balaban J connectivity index is 2.04. The largest absolute Gasteiger partial charge is 0.466 e. The van der Waals surface area contributed by atoms with Crippen molar-refractivity contribution < 1.29 is 33.3 Å². The molecule has 0 fully saturated rings. The third kappa shape index (κ3) is 3.71. The number of methoxy groups -OCH3 is 2. The first-order valence-electron chi connectivity index (χ1n) is 8.14. The summed E-state index contributed by atoms with van der Waals surface area (Å²) >= 11 is 0. The molecule has 142 valence electrons. The second-order valence-corrected chi connectivity index (χ2v) is 5.69. The van der Waals surface area contributed by atoms with Crippen molar-refractivity contribution in [2.75, 3.05) is 32.5 Å². The highest BCUT2D eigenvalue weighted by Gasteiger charge is 2.32. The smallest absolute Gasteiger partial charge is 0.355 e. The molecule has 0 amide bonds. The third-order valence-electron chi connectivity index (χ3n) is 4.09. The number of benzene rings is 1. The molecule has 0 unspecified atom stereocenters. The van der Waals surface area contributed by atoms with Crippen LogP contribution in [0.15, 0.2) is 52.1 Å². The standard InChI is InChI=1S/C19H19NO7/c1-24-18(22)15-10-26-11-20(17(15)19(23)25-2)13-5-3-4-12(8-13)16-7-6-14(9-21)27-16/h3-8,21H,9-11H2,1-2H3. The first-order chi connectivity index (χ1) is 13.1. The van der Waals surface area contributed by atoms with E-state index in [1.165, 1.54) is 14.2 Å². The number of esters is 2. The van der Waals surface area contributed by atoms with Gasteiger partial charge >= 0.3 is 11.9 Å². The number of rotatable bonds is 5. The summed E-state index contributed by atoms with van der Waals surface area (Å²) in [6, 6.07) is 10.6. The van der Waals surface area contributed by atoms with Crippen molar-refractivity contribution in [2.45, 2.75) is 6.61 Å². The number of hydrogen-bond acceptors (Lipinski definition) is 8. The number of hydrogen-bond donors (Lipinski definition) is 1. The first kappa shape index (κ1) is 18.7. The van der Waals surface area contributed by atoms with Crippen LogP contribution >= 0.6 is 0 Å². The van der Waals surface area contributed by atoms with Crippen molar-refractivity contribution in [3.05, 3.63) is 53.4 Å². The summed E-state index contributed by atoms with van der Waals surface area (Å²) in [6.07, 6.45) is 0. The van der Waals surface area contributed by atoms with E-state index in [1.54, 1.807) is 35.2 Å². The van der Waals surface area contributed by atoms with E-state index in [0.29, 0.717) is 17.2 Å². The Hall–Kier alpha value is -3.10. The molecular weight excluding hydrogens is 354 g/mol. The Morgan fingerprint density at radius 1 is 1.15 bits per heavy atom. The van der Waals surface area contributed by atoms with Crippen LogP contribution in [0.4, 0.5) is 5.69 Å². The van der Waals surface area contributed by atoms with Gasteiger partial charge in [-0.05, 0) is 24.3 Å². The summed E-state index contributed by atoms with van der Waals surface area (Å²) in [4.78, 5) is 26.0. The molecule has 0 radical (unpaired) electrons. The quantitative estimate of drug-likeness (QED) is 0.793. The Morgan fingerprint density at radius 3 is 2.59 bits per heavy atom. The van der Waals surface area contributed by atoms with Gasteiger partial charge in [0, 0.05) is 11.3 Å². The molecule has 0 atom stereocenters. The van der Waals surface area contributed by atoms with E-state index in [1.807, 2.05) is 6.07 Å². The van der Waals surface area contributed by atoms with Gasteiger partial charge in [0.05, 0.1) is 26.4 Å². The maximum Gasteiger partial charge on any atom is 0.355 e. The Labute approximate surface area is 155 Å². The summed E-state index contributed by atoms with van der Waals surface area (Å²) in [6.45, 7) is -0.183. The molecule has 2 heterocycles. The molecule has 1 aliphatic rings. The number of carbonyl (C=O) groups excluding carboxylic acids is 2. The fraction of sp³-hybridized carbons (Fsp3) is 0.263. The van der Waals surface area contributed by atoms with Gasteiger partial charge in [-0.3, -0.25) is 0 Å². The molecule has 1 aliphatic heterocycles. The number of aliphatic hydroxyl groups is 1. The molecule has 1 aromatic heterocycles. The molecule has 0 saturated heterocycles. The highest BCUT2D eigenvalue weighted by Crippen LogP contribution is 2.31. The number of anilines is 1. The fourth-order valence-corrected chi connectivity index (χ4v) is 2.79. The molecule has 1 N–H and O–H groups in total. The van der Waals surface area contributed by atoms with E-state index in [-0.39, 0.29) is 31.2 Å². The van der Waals surface area contributed by atoms with Crippen LogP contribution in [0.1, 0.15) is 5.76 Å². The SMILES string of the molecule is COC(=O)C1=C(C(=O)OC)N(c2cccc(-c3ccc(CO)o3)c2)COC1. The molecule has 8 nitrogen and oxygen atoms in total. The van der Waals surface area contributed by atoms with Gasteiger partial charge in [0.15, 0.2) is 0 Å². The Morgan fingerprint density at radius 2 is 1.93 bits per heavy atom. The highest BCUT2D eigenvalue weighted by atomic mass is 16.5. The lowest BCUT2D eigenvalue weighted by Crippen LogP contribution is -2.38. The fourth-order valence-electron chi connectivity index (χ4n) is 2.79. The zero-order valence-corrected chi connectivity index (χ0v) is 14.9. The van der Waals surface area contributed by atoms with E-state index >= 15 is 0 Å². The van der Waals surface area contributed by atoms with Crippen LogP contribution < -0.4 is 4.90 Å². The predicted molar refractivity (Wildman–Crippen MR) is 94.4 cm³/mol. The van der Waals surface area contributed by atoms with Crippen molar-refractivity contribution in [3.8, 4) is 11.3 Å². The average molecular weight is 373 g/mol. The molecule has 27 heavy (non-hydrogen) atoms. The van der Waals surface area contributed by atoms with Gasteiger partial charge < -0.3 is 28.6 Å². The molecule has 0 spiro atoms. The lowest BCUT2D eigenvalue weighted by Gasteiger charge is -2.31. The van der Waals surface area contributed by atoms with Crippen LogP contribution in [0.5, 0.6) is 0 Å². The average Bonchev–Trinajstić information content (AvgIpc) is 3.21. The lowest BCUT2D eigenvalue weighted by molar-refractivity contribution is -0.140. The second-order valence-electron chi connectivity index (χ2n) is 5.69. The van der Waals surface area contributed by atoms with Crippen LogP contribution in [0, 0.1) is 0 Å². The molecule has 0 aliphatic carbocycles. The summed E-state index contributed by atoms with van der Waals surface area (Å²) in [5.74, 6) is -0.310. The first-order valence-corrected chi connectivity index (χ1v) is 8.14. The minimum Gasteiger partial charge on any atom is -0.466 e. The van der Waals surface area contributed by atoms with Crippen molar-refractivity contribution in [3.63, 3.8) is 0 Å².